The van der Waals surface area contributed by atoms with Gasteiger partial charge in [0.25, 0.3) is 0 Å². The van der Waals surface area contributed by atoms with Gasteiger partial charge in [0.05, 0.1) is 5.75 Å². The van der Waals surface area contributed by atoms with Crippen LogP contribution in [0.3, 0.4) is 0 Å². The van der Waals surface area contributed by atoms with Crippen LogP contribution in [-0.4, -0.2) is 33.5 Å². The number of carbonyl (C=O) groups is 2. The van der Waals surface area contributed by atoms with Crippen LogP contribution in [0.4, 0.5) is 0 Å². The lowest BCUT2D eigenvalue weighted by Gasteiger charge is -2.05. The fraction of sp³-hybridized carbons (Fsp3) is 0.400. The largest absolute Gasteiger partial charge is 0.507 e. The van der Waals surface area contributed by atoms with E-state index in [1.165, 1.54) is 12.1 Å². The molecule has 0 aliphatic carbocycles. The number of phenols is 1. The van der Waals surface area contributed by atoms with Gasteiger partial charge in [0.1, 0.15) is 17.1 Å². The SMILES string of the molecule is CC/C=C\C/C=C\C/C=C\C/C=C\C/C=C\CCCCSCC(=O)Cc1ccc(O)c(C(=O)O)c1. The first kappa shape index (κ1) is 30.2. The molecule has 0 unspecified atom stereocenters. The molecule has 0 aliphatic heterocycles. The molecule has 0 atom stereocenters. The minimum atomic E-state index is -1.20. The van der Waals surface area contributed by atoms with Crippen molar-refractivity contribution >= 4 is 23.5 Å². The van der Waals surface area contributed by atoms with Gasteiger partial charge in [0, 0.05) is 6.42 Å². The van der Waals surface area contributed by atoms with Crippen LogP contribution in [0.2, 0.25) is 0 Å². The Morgan fingerprint density at radius 3 is 1.97 bits per heavy atom. The van der Waals surface area contributed by atoms with Crippen molar-refractivity contribution in [3.63, 3.8) is 0 Å². The number of aromatic hydroxyl groups is 1. The van der Waals surface area contributed by atoms with Crippen LogP contribution in [0.15, 0.2) is 79.0 Å². The molecule has 1 aromatic carbocycles. The number of aromatic carboxylic acids is 1. The van der Waals surface area contributed by atoms with Crippen LogP contribution >= 0.6 is 11.8 Å². The first-order chi connectivity index (χ1) is 17.0. The number of carboxylic acids is 1. The molecule has 0 aliphatic rings. The fourth-order valence-corrected chi connectivity index (χ4v) is 4.05. The maximum Gasteiger partial charge on any atom is 0.339 e. The number of carboxylic acid groups (broad SMARTS) is 1. The van der Waals surface area contributed by atoms with Gasteiger partial charge < -0.3 is 10.2 Å². The Hall–Kier alpha value is -2.79. The summed E-state index contributed by atoms with van der Waals surface area (Å²) in [5, 5.41) is 18.6. The molecular formula is C30H40O4S. The van der Waals surface area contributed by atoms with E-state index in [4.69, 9.17) is 5.11 Å². The molecule has 0 heterocycles. The molecule has 0 aromatic heterocycles. The number of ketones is 1. The molecule has 2 N–H and O–H groups in total. The second kappa shape index (κ2) is 20.6. The lowest BCUT2D eigenvalue weighted by molar-refractivity contribution is -0.116. The Bertz CT molecular complexity index is 894. The van der Waals surface area contributed by atoms with E-state index < -0.39 is 5.97 Å². The predicted octanol–water partition coefficient (Wildman–Crippen LogP) is 7.86. The normalized spacial score (nSPS) is 12.3. The van der Waals surface area contributed by atoms with Gasteiger partial charge in [-0.2, -0.15) is 11.8 Å². The first-order valence-electron chi connectivity index (χ1n) is 12.4. The van der Waals surface area contributed by atoms with Crippen molar-refractivity contribution in [2.24, 2.45) is 0 Å². The Morgan fingerprint density at radius 1 is 0.829 bits per heavy atom. The molecule has 1 aromatic rings. The van der Waals surface area contributed by atoms with E-state index >= 15 is 0 Å². The quantitative estimate of drug-likeness (QED) is 0.151. The number of rotatable bonds is 19. The van der Waals surface area contributed by atoms with Crippen LogP contribution < -0.4 is 0 Å². The number of thioether (sulfide) groups is 1. The highest BCUT2D eigenvalue weighted by atomic mass is 32.2. The van der Waals surface area contributed by atoms with Crippen LogP contribution in [0.1, 0.15) is 74.2 Å². The van der Waals surface area contributed by atoms with Gasteiger partial charge in [-0.25, -0.2) is 4.79 Å². The van der Waals surface area contributed by atoms with Gasteiger partial charge in [-0.05, 0) is 74.8 Å². The highest BCUT2D eigenvalue weighted by molar-refractivity contribution is 7.99. The third kappa shape index (κ3) is 16.5. The Morgan fingerprint density at radius 2 is 1.40 bits per heavy atom. The molecule has 5 heteroatoms. The van der Waals surface area contributed by atoms with Crippen LogP contribution in [0.25, 0.3) is 0 Å². The molecular weight excluding hydrogens is 456 g/mol. The number of unbranched alkanes of at least 4 members (excludes halogenated alkanes) is 2. The molecule has 0 spiro atoms. The van der Waals surface area contributed by atoms with Crippen LogP contribution in [0.5, 0.6) is 5.75 Å². The third-order valence-corrected chi connectivity index (χ3v) is 6.13. The standard InChI is InChI=1S/C30H40O4S/c1-2-3-4-5-6-7-8-9-10-11-12-13-14-15-16-17-18-19-22-35-25-27(31)23-26-20-21-29(32)28(24-26)30(33)34/h3-4,6-7,9-10,12-13,15-16,20-21,24,32H,2,5,8,11,14,17-19,22-23,25H2,1H3,(H,33,34)/b4-3-,7-6-,10-9-,13-12-,16-15-. The number of carbonyl (C=O) groups excluding carboxylic acids is 1. The molecule has 0 saturated heterocycles. The number of hydrogen-bond donors (Lipinski definition) is 2. The maximum absolute atomic E-state index is 12.1. The minimum absolute atomic E-state index is 0.0647. The zero-order valence-corrected chi connectivity index (χ0v) is 21.7. The summed E-state index contributed by atoms with van der Waals surface area (Å²) in [7, 11) is 0. The molecule has 35 heavy (non-hydrogen) atoms. The van der Waals surface area contributed by atoms with E-state index in [1.807, 2.05) is 0 Å². The maximum atomic E-state index is 12.1. The van der Waals surface area contributed by atoms with E-state index in [0.717, 1.165) is 57.1 Å². The predicted molar refractivity (Wildman–Crippen MR) is 149 cm³/mol. The van der Waals surface area contributed by atoms with Gasteiger partial charge in [-0.1, -0.05) is 73.8 Å². The molecule has 0 radical (unpaired) electrons. The average Bonchev–Trinajstić information content (AvgIpc) is 2.83. The highest BCUT2D eigenvalue weighted by Crippen LogP contribution is 2.19. The van der Waals surface area contributed by atoms with E-state index in [1.54, 1.807) is 17.8 Å². The second-order valence-corrected chi connectivity index (χ2v) is 9.23. The van der Waals surface area contributed by atoms with Gasteiger partial charge in [0.2, 0.25) is 0 Å². The number of Topliss-reactive ketones (excluding diaryl/α,β-unsaturated/α-hetero) is 1. The van der Waals surface area contributed by atoms with Gasteiger partial charge in [-0.15, -0.1) is 0 Å². The number of hydrogen-bond acceptors (Lipinski definition) is 4. The van der Waals surface area contributed by atoms with Crippen molar-refractivity contribution in [1.29, 1.82) is 0 Å². The minimum Gasteiger partial charge on any atom is -0.507 e. The van der Waals surface area contributed by atoms with E-state index in [0.29, 0.717) is 11.3 Å². The average molecular weight is 497 g/mol. The molecule has 0 bridgehead atoms. The van der Waals surface area contributed by atoms with Crippen molar-refractivity contribution < 1.29 is 19.8 Å². The molecule has 190 valence electrons. The molecule has 0 saturated carbocycles. The summed E-state index contributed by atoms with van der Waals surface area (Å²) >= 11 is 1.62. The van der Waals surface area contributed by atoms with Crippen molar-refractivity contribution in [2.75, 3.05) is 11.5 Å². The lowest BCUT2D eigenvalue weighted by atomic mass is 10.1. The summed E-state index contributed by atoms with van der Waals surface area (Å²) in [4.78, 5) is 23.2. The summed E-state index contributed by atoms with van der Waals surface area (Å²) in [5.74, 6) is -0.0544. The highest BCUT2D eigenvalue weighted by Gasteiger charge is 2.12. The molecule has 0 amide bonds. The first-order valence-corrected chi connectivity index (χ1v) is 13.6. The van der Waals surface area contributed by atoms with Crippen LogP contribution in [0, 0.1) is 0 Å². The zero-order valence-electron chi connectivity index (χ0n) is 20.9. The van der Waals surface area contributed by atoms with Crippen molar-refractivity contribution in [3.8, 4) is 5.75 Å². The fourth-order valence-electron chi connectivity index (χ4n) is 3.16. The monoisotopic (exact) mass is 496 g/mol. The van der Waals surface area contributed by atoms with Gasteiger partial charge in [0.15, 0.2) is 0 Å². The summed E-state index contributed by atoms with van der Waals surface area (Å²) in [6, 6.07) is 4.29. The zero-order chi connectivity index (χ0) is 25.6. The molecule has 1 rings (SSSR count). The van der Waals surface area contributed by atoms with E-state index in [9.17, 15) is 14.7 Å². The summed E-state index contributed by atoms with van der Waals surface area (Å²) in [6.07, 6.45) is 30.5. The van der Waals surface area contributed by atoms with Gasteiger partial charge in [-0.3, -0.25) is 4.79 Å². The topological polar surface area (TPSA) is 74.6 Å². The van der Waals surface area contributed by atoms with Crippen molar-refractivity contribution in [3.05, 3.63) is 90.1 Å². The van der Waals surface area contributed by atoms with Gasteiger partial charge >= 0.3 is 5.97 Å². The summed E-state index contributed by atoms with van der Waals surface area (Å²) in [5.41, 5.74) is 0.446. The van der Waals surface area contributed by atoms with Crippen molar-refractivity contribution in [2.45, 2.75) is 64.7 Å². The third-order valence-electron chi connectivity index (χ3n) is 5.02. The molecule has 0 fully saturated rings. The molecule has 4 nitrogen and oxygen atoms in total. The second-order valence-electron chi connectivity index (χ2n) is 8.13. The van der Waals surface area contributed by atoms with Crippen LogP contribution in [-0.2, 0) is 11.2 Å². The van der Waals surface area contributed by atoms with E-state index in [2.05, 4.69) is 67.7 Å². The van der Waals surface area contributed by atoms with Crippen molar-refractivity contribution in [1.82, 2.24) is 0 Å². The Balaban J connectivity index is 2.01. The number of allylic oxidation sites excluding steroid dienone is 10. The summed E-state index contributed by atoms with van der Waals surface area (Å²) in [6.45, 7) is 2.15. The van der Waals surface area contributed by atoms with E-state index in [-0.39, 0.29) is 23.5 Å². The number of benzene rings is 1. The lowest BCUT2D eigenvalue weighted by Crippen LogP contribution is -2.07. The Kier molecular flexibility index (Phi) is 17.8. The Labute approximate surface area is 215 Å². The smallest absolute Gasteiger partial charge is 0.339 e. The summed E-state index contributed by atoms with van der Waals surface area (Å²) < 4.78 is 0.